The van der Waals surface area contributed by atoms with E-state index in [2.05, 4.69) is 4.98 Å². The molecular formula is C14H12ClNO2S. The number of hydrogen-bond donors (Lipinski definition) is 0. The molecule has 0 saturated heterocycles. The maximum absolute atomic E-state index is 11.5. The zero-order valence-electron chi connectivity index (χ0n) is 10.3. The van der Waals surface area contributed by atoms with Gasteiger partial charge in [-0.3, -0.25) is 0 Å². The predicted molar refractivity (Wildman–Crippen MR) is 78.5 cm³/mol. The topological polar surface area (TPSA) is 39.2 Å². The molecule has 1 aromatic heterocycles. The lowest BCUT2D eigenvalue weighted by molar-refractivity contribution is 0.0520. The van der Waals surface area contributed by atoms with Gasteiger partial charge in [0.15, 0.2) is 5.69 Å². The van der Waals surface area contributed by atoms with Crippen molar-refractivity contribution in [3.8, 4) is 0 Å². The summed E-state index contributed by atoms with van der Waals surface area (Å²) >= 11 is 7.21. The SMILES string of the molecule is CCOC(=O)c1csc(C=Cc2ccc(Cl)cc2)n1. The van der Waals surface area contributed by atoms with Crippen LogP contribution in [0.15, 0.2) is 29.6 Å². The van der Waals surface area contributed by atoms with Crippen LogP contribution in [0.3, 0.4) is 0 Å². The highest BCUT2D eigenvalue weighted by molar-refractivity contribution is 7.10. The third-order valence-corrected chi connectivity index (χ3v) is 3.36. The normalized spacial score (nSPS) is 10.8. The first-order chi connectivity index (χ1) is 9.19. The highest BCUT2D eigenvalue weighted by Gasteiger charge is 2.09. The molecule has 0 saturated carbocycles. The summed E-state index contributed by atoms with van der Waals surface area (Å²) in [5.74, 6) is -0.384. The largest absolute Gasteiger partial charge is 0.461 e. The van der Waals surface area contributed by atoms with E-state index in [4.69, 9.17) is 16.3 Å². The number of hydrogen-bond acceptors (Lipinski definition) is 4. The van der Waals surface area contributed by atoms with E-state index >= 15 is 0 Å². The molecule has 0 spiro atoms. The molecule has 0 radical (unpaired) electrons. The fourth-order valence-electron chi connectivity index (χ4n) is 1.40. The maximum atomic E-state index is 11.5. The van der Waals surface area contributed by atoms with Crippen molar-refractivity contribution in [2.75, 3.05) is 6.61 Å². The Kier molecular flexibility index (Phi) is 4.71. The summed E-state index contributed by atoms with van der Waals surface area (Å²) in [5.41, 5.74) is 1.37. The van der Waals surface area contributed by atoms with Gasteiger partial charge in [-0.25, -0.2) is 9.78 Å². The molecule has 3 nitrogen and oxygen atoms in total. The Bertz CT molecular complexity index is 590. The standard InChI is InChI=1S/C14H12ClNO2S/c1-2-18-14(17)12-9-19-13(16-12)8-5-10-3-6-11(15)7-4-10/h3-9H,2H2,1H3. The van der Waals surface area contributed by atoms with Gasteiger partial charge >= 0.3 is 5.97 Å². The smallest absolute Gasteiger partial charge is 0.357 e. The number of rotatable bonds is 4. The zero-order chi connectivity index (χ0) is 13.7. The molecule has 2 rings (SSSR count). The Morgan fingerprint density at radius 2 is 2.11 bits per heavy atom. The molecule has 0 aliphatic rings. The van der Waals surface area contributed by atoms with Crippen molar-refractivity contribution in [3.63, 3.8) is 0 Å². The molecule has 0 fully saturated rings. The number of aromatic nitrogens is 1. The third-order valence-electron chi connectivity index (χ3n) is 2.29. The average Bonchev–Trinajstić information content (AvgIpc) is 2.87. The van der Waals surface area contributed by atoms with E-state index in [1.807, 2.05) is 36.4 Å². The molecule has 0 unspecified atom stereocenters. The number of esters is 1. The molecule has 0 bridgehead atoms. The minimum absolute atomic E-state index is 0.350. The predicted octanol–water partition coefficient (Wildman–Crippen LogP) is 4.14. The average molecular weight is 294 g/mol. The molecule has 0 amide bonds. The molecule has 0 atom stereocenters. The second-order valence-electron chi connectivity index (χ2n) is 3.68. The number of halogens is 1. The first-order valence-electron chi connectivity index (χ1n) is 5.75. The van der Waals surface area contributed by atoms with E-state index in [1.54, 1.807) is 12.3 Å². The van der Waals surface area contributed by atoms with E-state index in [9.17, 15) is 4.79 Å². The molecule has 1 aromatic carbocycles. The third kappa shape index (κ3) is 3.91. The molecular weight excluding hydrogens is 282 g/mol. The summed E-state index contributed by atoms with van der Waals surface area (Å²) in [6, 6.07) is 7.48. The summed E-state index contributed by atoms with van der Waals surface area (Å²) < 4.78 is 4.88. The highest BCUT2D eigenvalue weighted by Crippen LogP contribution is 2.16. The van der Waals surface area contributed by atoms with E-state index in [0.29, 0.717) is 17.3 Å². The number of thiazole rings is 1. The van der Waals surface area contributed by atoms with Crippen molar-refractivity contribution >= 4 is 41.1 Å². The van der Waals surface area contributed by atoms with Crippen LogP contribution >= 0.6 is 22.9 Å². The van der Waals surface area contributed by atoms with Crippen LogP contribution in [0.25, 0.3) is 12.2 Å². The second kappa shape index (κ2) is 6.50. The minimum Gasteiger partial charge on any atom is -0.461 e. The quantitative estimate of drug-likeness (QED) is 0.795. The summed E-state index contributed by atoms with van der Waals surface area (Å²) in [6.45, 7) is 2.12. The first kappa shape index (κ1) is 13.8. The molecule has 0 aliphatic heterocycles. The van der Waals surface area contributed by atoms with Gasteiger partial charge in [0, 0.05) is 10.4 Å². The molecule has 98 valence electrons. The van der Waals surface area contributed by atoms with Crippen molar-refractivity contribution in [1.29, 1.82) is 0 Å². The van der Waals surface area contributed by atoms with Gasteiger partial charge in [0.25, 0.3) is 0 Å². The number of ether oxygens (including phenoxy) is 1. The van der Waals surface area contributed by atoms with Gasteiger partial charge in [0.2, 0.25) is 0 Å². The van der Waals surface area contributed by atoms with E-state index in [0.717, 1.165) is 10.6 Å². The lowest BCUT2D eigenvalue weighted by atomic mass is 10.2. The van der Waals surface area contributed by atoms with Gasteiger partial charge in [-0.05, 0) is 30.7 Å². The highest BCUT2D eigenvalue weighted by atomic mass is 35.5. The van der Waals surface area contributed by atoms with Crippen LogP contribution in [0, 0.1) is 0 Å². The van der Waals surface area contributed by atoms with Crippen molar-refractivity contribution in [2.45, 2.75) is 6.92 Å². The van der Waals surface area contributed by atoms with Gasteiger partial charge in [-0.15, -0.1) is 11.3 Å². The summed E-state index contributed by atoms with van der Waals surface area (Å²) in [4.78, 5) is 15.6. The van der Waals surface area contributed by atoms with Gasteiger partial charge in [0.1, 0.15) is 5.01 Å². The Morgan fingerprint density at radius 3 is 2.79 bits per heavy atom. The number of carbonyl (C=O) groups is 1. The van der Waals surface area contributed by atoms with Gasteiger partial charge in [0.05, 0.1) is 6.61 Å². The minimum atomic E-state index is -0.384. The van der Waals surface area contributed by atoms with Crippen LogP contribution in [0.1, 0.15) is 28.0 Å². The second-order valence-corrected chi connectivity index (χ2v) is 5.00. The molecule has 2 aromatic rings. The fraction of sp³-hybridized carbons (Fsp3) is 0.143. The molecule has 0 N–H and O–H groups in total. The van der Waals surface area contributed by atoms with Crippen LogP contribution in [0.5, 0.6) is 0 Å². The van der Waals surface area contributed by atoms with Crippen LogP contribution in [-0.2, 0) is 4.74 Å². The summed E-state index contributed by atoms with van der Waals surface area (Å²) in [6.07, 6.45) is 3.78. The first-order valence-corrected chi connectivity index (χ1v) is 7.01. The van der Waals surface area contributed by atoms with Gasteiger partial charge in [-0.2, -0.15) is 0 Å². The summed E-state index contributed by atoms with van der Waals surface area (Å²) in [7, 11) is 0. The van der Waals surface area contributed by atoms with E-state index < -0.39 is 0 Å². The Balaban J connectivity index is 2.07. The number of nitrogens with zero attached hydrogens (tertiary/aromatic N) is 1. The number of benzene rings is 1. The Hall–Kier alpha value is -1.65. The fourth-order valence-corrected chi connectivity index (χ4v) is 2.21. The van der Waals surface area contributed by atoms with Crippen LogP contribution in [0.2, 0.25) is 5.02 Å². The monoisotopic (exact) mass is 293 g/mol. The summed E-state index contributed by atoms with van der Waals surface area (Å²) in [5, 5.41) is 3.16. The molecule has 1 heterocycles. The van der Waals surface area contributed by atoms with Crippen LogP contribution < -0.4 is 0 Å². The van der Waals surface area contributed by atoms with Crippen LogP contribution in [-0.4, -0.2) is 17.6 Å². The Labute approximate surface area is 120 Å². The van der Waals surface area contributed by atoms with Gasteiger partial charge < -0.3 is 4.74 Å². The van der Waals surface area contributed by atoms with Crippen molar-refractivity contribution < 1.29 is 9.53 Å². The zero-order valence-corrected chi connectivity index (χ0v) is 11.9. The van der Waals surface area contributed by atoms with E-state index in [-0.39, 0.29) is 5.97 Å². The lowest BCUT2D eigenvalue weighted by Crippen LogP contribution is -2.04. The maximum Gasteiger partial charge on any atom is 0.357 e. The molecule has 0 aliphatic carbocycles. The lowest BCUT2D eigenvalue weighted by Gasteiger charge is -1.95. The van der Waals surface area contributed by atoms with E-state index in [1.165, 1.54) is 11.3 Å². The Morgan fingerprint density at radius 1 is 1.37 bits per heavy atom. The molecule has 5 heteroatoms. The molecule has 19 heavy (non-hydrogen) atoms. The van der Waals surface area contributed by atoms with Gasteiger partial charge in [-0.1, -0.05) is 29.8 Å². The van der Waals surface area contributed by atoms with Crippen molar-refractivity contribution in [2.24, 2.45) is 0 Å². The van der Waals surface area contributed by atoms with Crippen molar-refractivity contribution in [1.82, 2.24) is 4.98 Å². The number of carbonyl (C=O) groups excluding carboxylic acids is 1. The van der Waals surface area contributed by atoms with Crippen molar-refractivity contribution in [3.05, 3.63) is 50.9 Å². The van der Waals surface area contributed by atoms with Crippen LogP contribution in [0.4, 0.5) is 0 Å².